The molecule has 1 aliphatic rings. The maximum atomic E-state index is 11.5. The SMILES string of the molecule is C=CCOc1ccccc1C=C1C(=O)ON=C1C. The van der Waals surface area contributed by atoms with Crippen LogP contribution in [0.5, 0.6) is 5.75 Å². The fourth-order valence-corrected chi connectivity index (χ4v) is 1.55. The fraction of sp³-hybridized carbons (Fsp3) is 0.143. The van der Waals surface area contributed by atoms with E-state index in [-0.39, 0.29) is 0 Å². The van der Waals surface area contributed by atoms with Gasteiger partial charge in [-0.2, -0.15) is 0 Å². The molecule has 0 atom stereocenters. The van der Waals surface area contributed by atoms with E-state index in [4.69, 9.17) is 4.74 Å². The van der Waals surface area contributed by atoms with Crippen LogP contribution in [0.4, 0.5) is 0 Å². The average Bonchev–Trinajstić information content (AvgIpc) is 2.69. The minimum atomic E-state index is -0.439. The van der Waals surface area contributed by atoms with Crippen molar-refractivity contribution in [3.05, 3.63) is 48.1 Å². The predicted molar refractivity (Wildman–Crippen MR) is 69.3 cm³/mol. The molecule has 0 aromatic heterocycles. The van der Waals surface area contributed by atoms with E-state index in [1.807, 2.05) is 24.3 Å². The van der Waals surface area contributed by atoms with Gasteiger partial charge in [0.2, 0.25) is 0 Å². The number of benzene rings is 1. The number of carbonyl (C=O) groups excluding carboxylic acids is 1. The Balaban J connectivity index is 2.33. The van der Waals surface area contributed by atoms with Crippen LogP contribution in [-0.4, -0.2) is 18.3 Å². The maximum Gasteiger partial charge on any atom is 0.367 e. The van der Waals surface area contributed by atoms with Gasteiger partial charge in [-0.25, -0.2) is 4.79 Å². The minimum absolute atomic E-state index is 0.414. The molecule has 0 unspecified atom stereocenters. The van der Waals surface area contributed by atoms with E-state index in [9.17, 15) is 4.79 Å². The third-order valence-electron chi connectivity index (χ3n) is 2.45. The van der Waals surface area contributed by atoms with Gasteiger partial charge in [-0.15, -0.1) is 0 Å². The lowest BCUT2D eigenvalue weighted by Crippen LogP contribution is -2.02. The highest BCUT2D eigenvalue weighted by Crippen LogP contribution is 2.23. The molecule has 0 bridgehead atoms. The van der Waals surface area contributed by atoms with Gasteiger partial charge in [-0.1, -0.05) is 36.0 Å². The first-order chi connectivity index (χ1) is 8.72. The molecule has 0 N–H and O–H groups in total. The summed E-state index contributed by atoms with van der Waals surface area (Å²) in [6.45, 7) is 5.74. The van der Waals surface area contributed by atoms with E-state index >= 15 is 0 Å². The van der Waals surface area contributed by atoms with E-state index in [0.29, 0.717) is 23.6 Å². The molecule has 0 saturated carbocycles. The molecule has 1 aromatic rings. The number of ether oxygens (including phenoxy) is 1. The summed E-state index contributed by atoms with van der Waals surface area (Å²) in [5.74, 6) is 0.253. The number of para-hydroxylation sites is 1. The van der Waals surface area contributed by atoms with Crippen molar-refractivity contribution in [2.75, 3.05) is 6.61 Å². The normalized spacial score (nSPS) is 16.4. The summed E-state index contributed by atoms with van der Waals surface area (Å²) in [7, 11) is 0. The molecule has 0 radical (unpaired) electrons. The van der Waals surface area contributed by atoms with Crippen molar-refractivity contribution >= 4 is 17.8 Å². The third-order valence-corrected chi connectivity index (χ3v) is 2.45. The molecule has 0 fully saturated rings. The van der Waals surface area contributed by atoms with Gasteiger partial charge in [-0.05, 0) is 19.1 Å². The van der Waals surface area contributed by atoms with Crippen LogP contribution in [0.2, 0.25) is 0 Å². The molecule has 18 heavy (non-hydrogen) atoms. The van der Waals surface area contributed by atoms with Gasteiger partial charge < -0.3 is 9.57 Å². The van der Waals surface area contributed by atoms with Gasteiger partial charge in [0.05, 0.1) is 11.3 Å². The van der Waals surface area contributed by atoms with E-state index in [1.165, 1.54) is 0 Å². The molecule has 0 spiro atoms. The van der Waals surface area contributed by atoms with Crippen molar-refractivity contribution in [3.8, 4) is 5.75 Å². The van der Waals surface area contributed by atoms with Crippen LogP contribution < -0.4 is 4.74 Å². The number of hydrogen-bond acceptors (Lipinski definition) is 4. The van der Waals surface area contributed by atoms with Crippen molar-refractivity contribution in [2.45, 2.75) is 6.92 Å². The quantitative estimate of drug-likeness (QED) is 0.464. The summed E-state index contributed by atoms with van der Waals surface area (Å²) in [6.07, 6.45) is 3.38. The number of nitrogens with zero attached hydrogens (tertiary/aromatic N) is 1. The highest BCUT2D eigenvalue weighted by molar-refractivity contribution is 6.24. The molecule has 1 aromatic carbocycles. The van der Waals surface area contributed by atoms with Crippen LogP contribution in [0.1, 0.15) is 12.5 Å². The van der Waals surface area contributed by atoms with Gasteiger partial charge in [0, 0.05) is 5.56 Å². The van der Waals surface area contributed by atoms with Crippen molar-refractivity contribution in [3.63, 3.8) is 0 Å². The van der Waals surface area contributed by atoms with Gasteiger partial charge in [0.25, 0.3) is 0 Å². The Morgan fingerprint density at radius 1 is 1.44 bits per heavy atom. The van der Waals surface area contributed by atoms with Crippen LogP contribution in [0.25, 0.3) is 6.08 Å². The molecule has 2 rings (SSSR count). The predicted octanol–water partition coefficient (Wildman–Crippen LogP) is 2.57. The lowest BCUT2D eigenvalue weighted by atomic mass is 10.1. The zero-order valence-electron chi connectivity index (χ0n) is 10.1. The van der Waals surface area contributed by atoms with Crippen molar-refractivity contribution < 1.29 is 14.4 Å². The molecule has 1 heterocycles. The second-order valence-corrected chi connectivity index (χ2v) is 3.75. The zero-order chi connectivity index (χ0) is 13.0. The first-order valence-electron chi connectivity index (χ1n) is 5.53. The van der Waals surface area contributed by atoms with E-state index < -0.39 is 5.97 Å². The van der Waals surface area contributed by atoms with Crippen LogP contribution in [0.15, 0.2) is 47.6 Å². The smallest absolute Gasteiger partial charge is 0.367 e. The molecule has 1 aliphatic heterocycles. The second-order valence-electron chi connectivity index (χ2n) is 3.75. The number of oxime groups is 1. The number of rotatable bonds is 4. The molecule has 0 saturated heterocycles. The number of hydrogen-bond donors (Lipinski definition) is 0. The summed E-state index contributed by atoms with van der Waals surface area (Å²) < 4.78 is 5.51. The average molecular weight is 243 g/mol. The first-order valence-corrected chi connectivity index (χ1v) is 5.53. The van der Waals surface area contributed by atoms with Gasteiger partial charge in [0.15, 0.2) is 0 Å². The van der Waals surface area contributed by atoms with Crippen molar-refractivity contribution in [1.29, 1.82) is 0 Å². The topological polar surface area (TPSA) is 47.9 Å². The van der Waals surface area contributed by atoms with E-state index in [1.54, 1.807) is 19.1 Å². The van der Waals surface area contributed by atoms with Crippen LogP contribution in [0.3, 0.4) is 0 Å². The van der Waals surface area contributed by atoms with Crippen molar-refractivity contribution in [1.82, 2.24) is 0 Å². The monoisotopic (exact) mass is 243 g/mol. The summed E-state index contributed by atoms with van der Waals surface area (Å²) in [4.78, 5) is 16.0. The third kappa shape index (κ3) is 2.48. The van der Waals surface area contributed by atoms with Gasteiger partial charge >= 0.3 is 5.97 Å². The summed E-state index contributed by atoms with van der Waals surface area (Å²) >= 11 is 0. The maximum absolute atomic E-state index is 11.5. The summed E-state index contributed by atoms with van der Waals surface area (Å²) in [6, 6.07) is 7.45. The molecule has 0 amide bonds. The molecule has 0 aliphatic carbocycles. The van der Waals surface area contributed by atoms with Gasteiger partial charge in [-0.3, -0.25) is 0 Å². The van der Waals surface area contributed by atoms with Crippen molar-refractivity contribution in [2.24, 2.45) is 5.16 Å². The Morgan fingerprint density at radius 2 is 2.22 bits per heavy atom. The largest absolute Gasteiger partial charge is 0.489 e. The Kier molecular flexibility index (Phi) is 3.57. The van der Waals surface area contributed by atoms with E-state index in [2.05, 4.69) is 16.6 Å². The molecular weight excluding hydrogens is 230 g/mol. The Labute approximate surface area is 105 Å². The van der Waals surface area contributed by atoms with Crippen LogP contribution in [-0.2, 0) is 9.63 Å². The summed E-state index contributed by atoms with van der Waals surface area (Å²) in [5, 5.41) is 3.63. The fourth-order valence-electron chi connectivity index (χ4n) is 1.55. The Hall–Kier alpha value is -2.36. The molecule has 4 nitrogen and oxygen atoms in total. The second kappa shape index (κ2) is 5.31. The van der Waals surface area contributed by atoms with Crippen LogP contribution >= 0.6 is 0 Å². The first kappa shape index (κ1) is 12.1. The van der Waals surface area contributed by atoms with Crippen LogP contribution in [0, 0.1) is 0 Å². The van der Waals surface area contributed by atoms with Gasteiger partial charge in [0.1, 0.15) is 12.4 Å². The zero-order valence-corrected chi connectivity index (χ0v) is 10.1. The number of carbonyl (C=O) groups is 1. The Bertz CT molecular complexity index is 544. The highest BCUT2D eigenvalue weighted by Gasteiger charge is 2.22. The highest BCUT2D eigenvalue weighted by atomic mass is 16.7. The summed E-state index contributed by atoms with van der Waals surface area (Å²) in [5.41, 5.74) is 1.82. The molecule has 92 valence electrons. The minimum Gasteiger partial charge on any atom is -0.489 e. The lowest BCUT2D eigenvalue weighted by Gasteiger charge is -2.07. The molecule has 4 heteroatoms. The lowest BCUT2D eigenvalue weighted by molar-refractivity contribution is -0.136. The standard InChI is InChI=1S/C14H13NO3/c1-3-8-17-13-7-5-4-6-11(13)9-12-10(2)15-18-14(12)16/h3-7,9H,1,8H2,2H3. The molecular formula is C14H13NO3. The van der Waals surface area contributed by atoms with E-state index in [0.717, 1.165) is 5.56 Å². The Morgan fingerprint density at radius 3 is 2.89 bits per heavy atom.